The van der Waals surface area contributed by atoms with Crippen LogP contribution in [0.3, 0.4) is 0 Å². The van der Waals surface area contributed by atoms with Crippen LogP contribution < -0.4 is 21.2 Å². The summed E-state index contributed by atoms with van der Waals surface area (Å²) in [6.07, 6.45) is 0. The summed E-state index contributed by atoms with van der Waals surface area (Å²) in [6.45, 7) is 5.89. The van der Waals surface area contributed by atoms with Crippen molar-refractivity contribution in [2.75, 3.05) is 5.43 Å². The van der Waals surface area contributed by atoms with Gasteiger partial charge in [-0.25, -0.2) is 9.97 Å². The molecule has 4 aromatic heterocycles. The minimum absolute atomic E-state index is 0.173. The first-order chi connectivity index (χ1) is 14.4. The van der Waals surface area contributed by atoms with Gasteiger partial charge in [0.2, 0.25) is 9.63 Å². The van der Waals surface area contributed by atoms with E-state index < -0.39 is 5.56 Å². The van der Waals surface area contributed by atoms with Crippen LogP contribution in [0, 0.1) is 20.8 Å². The van der Waals surface area contributed by atoms with Crippen molar-refractivity contribution in [2.24, 2.45) is 5.10 Å². The van der Waals surface area contributed by atoms with Crippen molar-refractivity contribution in [1.29, 1.82) is 0 Å². The Morgan fingerprint density at radius 1 is 1.07 bits per heavy atom. The number of aromatic amines is 1. The van der Waals surface area contributed by atoms with Crippen molar-refractivity contribution in [3.05, 3.63) is 72.5 Å². The highest BCUT2D eigenvalue weighted by Gasteiger charge is 2.16. The molecule has 0 spiro atoms. The van der Waals surface area contributed by atoms with Crippen LogP contribution >= 0.6 is 22.7 Å². The number of fused-ring (bicyclic) bond motifs is 4. The van der Waals surface area contributed by atoms with E-state index in [1.54, 1.807) is 0 Å². The number of nitrogens with one attached hydrogen (secondary N) is 2. The average molecular weight is 437 g/mol. The van der Waals surface area contributed by atoms with Crippen LogP contribution in [0.1, 0.15) is 16.8 Å². The fourth-order valence-electron chi connectivity index (χ4n) is 3.27. The molecule has 2 N–H and O–H groups in total. The molecule has 0 bridgehead atoms. The molecule has 1 aromatic carbocycles. The Morgan fingerprint density at radius 3 is 2.60 bits per heavy atom. The molecule has 0 aliphatic carbocycles. The van der Waals surface area contributed by atoms with Gasteiger partial charge in [0.25, 0.3) is 5.56 Å². The zero-order valence-electron chi connectivity index (χ0n) is 16.3. The van der Waals surface area contributed by atoms with Crippen LogP contribution in [0.2, 0.25) is 0 Å². The van der Waals surface area contributed by atoms with Gasteiger partial charge in [-0.3, -0.25) is 20.1 Å². The van der Waals surface area contributed by atoms with Crippen LogP contribution in [0.25, 0.3) is 25.4 Å². The Morgan fingerprint density at radius 2 is 1.83 bits per heavy atom. The molecule has 30 heavy (non-hydrogen) atoms. The van der Waals surface area contributed by atoms with Crippen molar-refractivity contribution in [3.8, 4) is 0 Å². The molecule has 5 rings (SSSR count). The van der Waals surface area contributed by atoms with Gasteiger partial charge in [0.05, 0.1) is 11.2 Å². The van der Waals surface area contributed by atoms with Crippen molar-refractivity contribution in [2.45, 2.75) is 20.8 Å². The third kappa shape index (κ3) is 3.01. The molecule has 10 heteroatoms. The second-order valence-corrected chi connectivity index (χ2v) is 8.97. The number of anilines is 1. The second kappa shape index (κ2) is 6.85. The topological polar surface area (TPSA) is 105 Å². The summed E-state index contributed by atoms with van der Waals surface area (Å²) in [4.78, 5) is 35.9. The van der Waals surface area contributed by atoms with Gasteiger partial charge in [-0.1, -0.05) is 29.0 Å². The van der Waals surface area contributed by atoms with Crippen molar-refractivity contribution >= 4 is 53.8 Å². The molecule has 0 amide bonds. The number of pyridine rings is 1. The summed E-state index contributed by atoms with van der Waals surface area (Å²) in [5, 5.41) is 7.66. The zero-order valence-corrected chi connectivity index (χ0v) is 17.9. The maximum Gasteiger partial charge on any atom is 0.301 e. The van der Waals surface area contributed by atoms with Crippen molar-refractivity contribution in [3.63, 3.8) is 0 Å². The van der Waals surface area contributed by atoms with Crippen LogP contribution in [0.5, 0.6) is 0 Å². The minimum atomic E-state index is -0.471. The number of aromatic nitrogens is 4. The van der Waals surface area contributed by atoms with E-state index in [0.29, 0.717) is 15.2 Å². The maximum atomic E-state index is 13.0. The lowest BCUT2D eigenvalue weighted by Gasteiger charge is -2.02. The van der Waals surface area contributed by atoms with E-state index in [-0.39, 0.29) is 10.2 Å². The lowest BCUT2D eigenvalue weighted by molar-refractivity contribution is 0.863. The molecule has 5 aromatic rings. The van der Waals surface area contributed by atoms with Crippen LogP contribution in [-0.4, -0.2) is 19.6 Å². The Bertz CT molecular complexity index is 1640. The van der Waals surface area contributed by atoms with E-state index in [1.807, 2.05) is 51.1 Å². The number of H-pyrrole nitrogens is 1. The smallest absolute Gasteiger partial charge is 0.277 e. The first-order valence-corrected chi connectivity index (χ1v) is 10.8. The predicted octanol–water partition coefficient (Wildman–Crippen LogP) is 3.06. The molecule has 0 aliphatic rings. The molecule has 0 aliphatic heterocycles. The van der Waals surface area contributed by atoms with E-state index in [4.69, 9.17) is 0 Å². The van der Waals surface area contributed by atoms with Crippen molar-refractivity contribution < 1.29 is 0 Å². The summed E-state index contributed by atoms with van der Waals surface area (Å²) in [5.41, 5.74) is 6.48. The number of benzene rings is 1. The Kier molecular flexibility index (Phi) is 4.26. The molecule has 0 unspecified atom stereocenters. The highest BCUT2D eigenvalue weighted by Crippen LogP contribution is 2.32. The lowest BCUT2D eigenvalue weighted by atomic mass is 10.1. The fraction of sp³-hybridized carbons (Fsp3) is 0.150. The number of thiophene rings is 1. The molecule has 8 nitrogen and oxygen atoms in total. The van der Waals surface area contributed by atoms with Crippen LogP contribution in [0.15, 0.2) is 45.0 Å². The average Bonchev–Trinajstić information content (AvgIpc) is 3.07. The normalized spacial score (nSPS) is 12.3. The van der Waals surface area contributed by atoms with Gasteiger partial charge >= 0.3 is 5.56 Å². The highest BCUT2D eigenvalue weighted by atomic mass is 32.1. The Hall–Kier alpha value is -3.37. The van der Waals surface area contributed by atoms with Gasteiger partial charge in [-0.15, -0.1) is 11.3 Å². The molecule has 0 radical (unpaired) electrons. The van der Waals surface area contributed by atoms with Crippen molar-refractivity contribution in [1.82, 2.24) is 19.6 Å². The van der Waals surface area contributed by atoms with Crippen LogP contribution in [0.4, 0.5) is 5.69 Å². The number of hydrogen-bond donors (Lipinski definition) is 2. The maximum absolute atomic E-state index is 13.0. The zero-order chi connectivity index (χ0) is 21.0. The van der Waals surface area contributed by atoms with E-state index in [2.05, 4.69) is 25.6 Å². The first-order valence-electron chi connectivity index (χ1n) is 9.14. The second-order valence-electron chi connectivity index (χ2n) is 7.01. The molecular weight excluding hydrogens is 420 g/mol. The monoisotopic (exact) mass is 436 g/mol. The minimum Gasteiger partial charge on any atom is -0.277 e. The Labute approximate surface area is 177 Å². The summed E-state index contributed by atoms with van der Waals surface area (Å²) >= 11 is 2.34. The molecular formula is C20H16N6O2S2. The molecule has 0 fully saturated rings. The molecule has 4 heterocycles. The van der Waals surface area contributed by atoms with E-state index >= 15 is 0 Å². The van der Waals surface area contributed by atoms with Gasteiger partial charge in [-0.2, -0.15) is 9.62 Å². The fourth-order valence-corrected chi connectivity index (χ4v) is 5.20. The quantitative estimate of drug-likeness (QED) is 0.414. The predicted molar refractivity (Wildman–Crippen MR) is 120 cm³/mol. The Balaban J connectivity index is 1.75. The number of aryl methyl sites for hydroxylation is 3. The summed E-state index contributed by atoms with van der Waals surface area (Å²) < 4.78 is 1.82. The van der Waals surface area contributed by atoms with E-state index in [0.717, 1.165) is 44.1 Å². The number of hydrogen-bond acceptors (Lipinski definition) is 8. The standard InChI is InChI=1S/C20H16N6O2S2/c1-9-4-6-12(7-5-9)23-24-18-16(27)25-26-19(28)15-14(22-20(26)30-18)13-10(2)8-11(3)21-17(13)29-15/h4-8,23H,1-3H3,(H,25,27)/b24-18+. The summed E-state index contributed by atoms with van der Waals surface area (Å²) in [7, 11) is 0. The van der Waals surface area contributed by atoms with Gasteiger partial charge in [0.1, 0.15) is 9.53 Å². The SMILES string of the molecule is Cc1ccc(N/N=c2/sc3nc4c(sc5nc(C)cc(C)c54)c(=O)n3[nH]c2=O)cc1. The molecule has 150 valence electrons. The highest BCUT2D eigenvalue weighted by molar-refractivity contribution is 7.25. The summed E-state index contributed by atoms with van der Waals surface area (Å²) in [5.74, 6) is 0. The molecule has 0 atom stereocenters. The number of rotatable bonds is 2. The summed E-state index contributed by atoms with van der Waals surface area (Å²) in [6, 6.07) is 9.62. The van der Waals surface area contributed by atoms with Gasteiger partial charge < -0.3 is 0 Å². The largest absolute Gasteiger partial charge is 0.301 e. The molecule has 0 saturated heterocycles. The lowest BCUT2D eigenvalue weighted by Crippen LogP contribution is -2.32. The molecule has 0 saturated carbocycles. The third-order valence-electron chi connectivity index (χ3n) is 4.69. The third-order valence-corrected chi connectivity index (χ3v) is 6.68. The van der Waals surface area contributed by atoms with Crippen LogP contribution in [-0.2, 0) is 0 Å². The first kappa shape index (κ1) is 18.6. The van der Waals surface area contributed by atoms with Gasteiger partial charge in [-0.05, 0) is 44.5 Å². The van der Waals surface area contributed by atoms with E-state index in [1.165, 1.54) is 15.9 Å². The van der Waals surface area contributed by atoms with Gasteiger partial charge in [0.15, 0.2) is 0 Å². The van der Waals surface area contributed by atoms with Gasteiger partial charge in [0, 0.05) is 11.1 Å². The number of nitrogens with zero attached hydrogens (tertiary/aromatic N) is 4. The van der Waals surface area contributed by atoms with E-state index in [9.17, 15) is 9.59 Å².